The van der Waals surface area contributed by atoms with Crippen molar-refractivity contribution in [3.05, 3.63) is 78.4 Å². The van der Waals surface area contributed by atoms with Gasteiger partial charge >= 0.3 is 0 Å². The molecule has 4 aromatic rings. The van der Waals surface area contributed by atoms with Crippen LogP contribution in [0, 0.1) is 0 Å². The third kappa shape index (κ3) is 6.08. The highest BCUT2D eigenvalue weighted by atomic mass is 32.1. The van der Waals surface area contributed by atoms with Gasteiger partial charge in [0.25, 0.3) is 0 Å². The van der Waals surface area contributed by atoms with Crippen LogP contribution in [-0.4, -0.2) is 48.6 Å². The van der Waals surface area contributed by atoms with E-state index in [0.29, 0.717) is 19.6 Å². The van der Waals surface area contributed by atoms with Crippen molar-refractivity contribution in [2.75, 3.05) is 37.7 Å². The normalized spacial score (nSPS) is 11.2. The van der Waals surface area contributed by atoms with Crippen LogP contribution < -0.4 is 9.64 Å². The summed E-state index contributed by atoms with van der Waals surface area (Å²) in [5, 5.41) is 0.727. The van der Waals surface area contributed by atoms with Gasteiger partial charge in [0, 0.05) is 13.1 Å². The second-order valence-corrected chi connectivity index (χ2v) is 9.35. The Morgan fingerprint density at radius 3 is 2.26 bits per heavy atom. The summed E-state index contributed by atoms with van der Waals surface area (Å²) in [4.78, 5) is 22.6. The quantitative estimate of drug-likeness (QED) is 0.250. The van der Waals surface area contributed by atoms with Crippen molar-refractivity contribution in [3.63, 3.8) is 0 Å². The van der Waals surface area contributed by atoms with E-state index in [1.165, 1.54) is 5.56 Å². The molecule has 0 saturated carbocycles. The summed E-state index contributed by atoms with van der Waals surface area (Å²) in [7, 11) is 0. The first-order valence-electron chi connectivity index (χ1n) is 12.3. The molecule has 35 heavy (non-hydrogen) atoms. The zero-order valence-electron chi connectivity index (χ0n) is 20.7. The maximum atomic E-state index is 13.6. The first-order chi connectivity index (χ1) is 17.1. The Morgan fingerprint density at radius 2 is 1.57 bits per heavy atom. The van der Waals surface area contributed by atoms with Crippen molar-refractivity contribution in [2.45, 2.75) is 27.2 Å². The van der Waals surface area contributed by atoms with E-state index in [2.05, 4.69) is 43.0 Å². The molecular formula is C29H33N3O2S. The highest BCUT2D eigenvalue weighted by Crippen LogP contribution is 2.34. The van der Waals surface area contributed by atoms with Gasteiger partial charge in [-0.25, -0.2) is 4.98 Å². The van der Waals surface area contributed by atoms with E-state index in [1.807, 2.05) is 60.4 Å². The number of benzene rings is 3. The van der Waals surface area contributed by atoms with Crippen LogP contribution in [0.3, 0.4) is 0 Å². The van der Waals surface area contributed by atoms with E-state index in [4.69, 9.17) is 9.72 Å². The standard InChI is InChI=1S/C29H33N3O2S/c1-4-31(5-2)19-20-32(29-30-28-25(34-6-3)13-10-14-26(28)35-29)27(33)21-22-15-17-24(18-16-22)23-11-8-7-9-12-23/h7-18H,4-6,19-21H2,1-3H3. The lowest BCUT2D eigenvalue weighted by Gasteiger charge is -2.24. The number of thiazole rings is 1. The van der Waals surface area contributed by atoms with Crippen LogP contribution in [0.2, 0.25) is 0 Å². The largest absolute Gasteiger partial charge is 0.492 e. The van der Waals surface area contributed by atoms with Gasteiger partial charge in [0.2, 0.25) is 5.91 Å². The molecule has 6 heteroatoms. The summed E-state index contributed by atoms with van der Waals surface area (Å²) in [6.07, 6.45) is 0.335. The zero-order valence-corrected chi connectivity index (χ0v) is 21.6. The molecule has 0 radical (unpaired) electrons. The topological polar surface area (TPSA) is 45.7 Å². The van der Waals surface area contributed by atoms with Crippen LogP contribution in [0.1, 0.15) is 26.3 Å². The second kappa shape index (κ2) is 12.0. The van der Waals surface area contributed by atoms with Crippen LogP contribution >= 0.6 is 11.3 Å². The SMILES string of the molecule is CCOc1cccc2sc(N(CCN(CC)CC)C(=O)Cc3ccc(-c4ccccc4)cc3)nc12. The third-order valence-electron chi connectivity index (χ3n) is 6.15. The van der Waals surface area contributed by atoms with Gasteiger partial charge in [0.05, 0.1) is 17.7 Å². The molecule has 1 heterocycles. The Balaban J connectivity index is 1.58. The first-order valence-corrected chi connectivity index (χ1v) is 13.1. The fourth-order valence-electron chi connectivity index (χ4n) is 4.12. The summed E-state index contributed by atoms with van der Waals surface area (Å²) < 4.78 is 6.81. The molecule has 0 bridgehead atoms. The lowest BCUT2D eigenvalue weighted by Crippen LogP contribution is -2.39. The Kier molecular flexibility index (Phi) is 8.50. The lowest BCUT2D eigenvalue weighted by molar-refractivity contribution is -0.118. The number of carbonyl (C=O) groups excluding carboxylic acids is 1. The predicted molar refractivity (Wildman–Crippen MR) is 147 cm³/mol. The lowest BCUT2D eigenvalue weighted by atomic mass is 10.0. The summed E-state index contributed by atoms with van der Waals surface area (Å²) in [5.74, 6) is 0.821. The molecule has 0 N–H and O–H groups in total. The number of amides is 1. The zero-order chi connectivity index (χ0) is 24.6. The van der Waals surface area contributed by atoms with Crippen molar-refractivity contribution >= 4 is 32.6 Å². The number of rotatable bonds is 11. The number of nitrogens with zero attached hydrogens (tertiary/aromatic N) is 3. The maximum Gasteiger partial charge on any atom is 0.233 e. The molecule has 182 valence electrons. The smallest absolute Gasteiger partial charge is 0.233 e. The molecule has 1 aromatic heterocycles. The number of para-hydroxylation sites is 1. The van der Waals surface area contributed by atoms with Crippen LogP contribution in [0.15, 0.2) is 72.8 Å². The van der Waals surface area contributed by atoms with Gasteiger partial charge in [-0.3, -0.25) is 9.69 Å². The Bertz CT molecular complexity index is 1230. The van der Waals surface area contributed by atoms with E-state index in [9.17, 15) is 4.79 Å². The van der Waals surface area contributed by atoms with Gasteiger partial charge in [-0.15, -0.1) is 0 Å². The van der Waals surface area contributed by atoms with Crippen molar-refractivity contribution in [3.8, 4) is 16.9 Å². The number of hydrogen-bond acceptors (Lipinski definition) is 5. The Morgan fingerprint density at radius 1 is 0.857 bits per heavy atom. The van der Waals surface area contributed by atoms with Gasteiger partial charge in [-0.2, -0.15) is 0 Å². The number of ether oxygens (including phenoxy) is 1. The molecule has 0 unspecified atom stereocenters. The molecule has 0 atom stereocenters. The molecule has 0 fully saturated rings. The molecule has 0 saturated heterocycles. The molecular weight excluding hydrogens is 454 g/mol. The minimum Gasteiger partial charge on any atom is -0.492 e. The highest BCUT2D eigenvalue weighted by molar-refractivity contribution is 7.22. The average molecular weight is 488 g/mol. The summed E-state index contributed by atoms with van der Waals surface area (Å²) in [5.41, 5.74) is 4.14. The number of fused-ring (bicyclic) bond motifs is 1. The summed E-state index contributed by atoms with van der Waals surface area (Å²) >= 11 is 1.55. The molecule has 0 aliphatic carbocycles. The summed E-state index contributed by atoms with van der Waals surface area (Å²) in [6, 6.07) is 24.5. The fourth-order valence-corrected chi connectivity index (χ4v) is 5.15. The maximum absolute atomic E-state index is 13.6. The Labute approximate surface area is 212 Å². The van der Waals surface area contributed by atoms with Gasteiger partial charge < -0.3 is 9.64 Å². The van der Waals surface area contributed by atoms with Crippen LogP contribution in [0.25, 0.3) is 21.3 Å². The molecule has 1 amide bonds. The van der Waals surface area contributed by atoms with Crippen molar-refractivity contribution in [1.29, 1.82) is 0 Å². The molecule has 0 aliphatic heterocycles. The highest BCUT2D eigenvalue weighted by Gasteiger charge is 2.22. The van der Waals surface area contributed by atoms with E-state index >= 15 is 0 Å². The van der Waals surface area contributed by atoms with E-state index in [1.54, 1.807) is 11.3 Å². The monoisotopic (exact) mass is 487 g/mol. The van der Waals surface area contributed by atoms with Crippen LogP contribution in [0.4, 0.5) is 5.13 Å². The minimum atomic E-state index is 0.0571. The average Bonchev–Trinajstić information content (AvgIpc) is 3.33. The molecule has 5 nitrogen and oxygen atoms in total. The predicted octanol–water partition coefficient (Wildman–Crippen LogP) is 6.28. The van der Waals surface area contributed by atoms with Crippen LogP contribution in [0.5, 0.6) is 5.75 Å². The van der Waals surface area contributed by atoms with Crippen molar-refractivity contribution in [1.82, 2.24) is 9.88 Å². The number of carbonyl (C=O) groups is 1. The Hall–Kier alpha value is -3.22. The van der Waals surface area contributed by atoms with Crippen LogP contribution in [-0.2, 0) is 11.2 Å². The molecule has 4 rings (SSSR count). The molecule has 0 spiro atoms. The van der Waals surface area contributed by atoms with Crippen molar-refractivity contribution < 1.29 is 9.53 Å². The van der Waals surface area contributed by atoms with E-state index in [0.717, 1.165) is 51.9 Å². The fraction of sp³-hybridized carbons (Fsp3) is 0.310. The third-order valence-corrected chi connectivity index (χ3v) is 7.20. The van der Waals surface area contributed by atoms with E-state index < -0.39 is 0 Å². The van der Waals surface area contributed by atoms with E-state index in [-0.39, 0.29) is 5.91 Å². The van der Waals surface area contributed by atoms with Gasteiger partial charge in [-0.05, 0) is 48.8 Å². The summed E-state index contributed by atoms with van der Waals surface area (Å²) in [6.45, 7) is 10.2. The first kappa shape index (κ1) is 24.9. The number of likely N-dealkylation sites (N-methyl/N-ethyl adjacent to an activating group) is 1. The number of anilines is 1. The van der Waals surface area contributed by atoms with Gasteiger partial charge in [0.1, 0.15) is 11.3 Å². The molecule has 3 aromatic carbocycles. The number of hydrogen-bond donors (Lipinski definition) is 0. The van der Waals surface area contributed by atoms with Crippen molar-refractivity contribution in [2.24, 2.45) is 0 Å². The number of aromatic nitrogens is 1. The second-order valence-electron chi connectivity index (χ2n) is 8.34. The minimum absolute atomic E-state index is 0.0571. The van der Waals surface area contributed by atoms with Gasteiger partial charge in [-0.1, -0.05) is 85.8 Å². The molecule has 0 aliphatic rings. The van der Waals surface area contributed by atoms with Gasteiger partial charge in [0.15, 0.2) is 5.13 Å².